The van der Waals surface area contributed by atoms with Crippen LogP contribution < -0.4 is 11.1 Å². The lowest BCUT2D eigenvalue weighted by Crippen LogP contribution is -1.91. The topological polar surface area (TPSA) is 38.0 Å². The predicted octanol–water partition coefficient (Wildman–Crippen LogP) is 2.83. The number of fused-ring (bicyclic) bond motifs is 1. The summed E-state index contributed by atoms with van der Waals surface area (Å²) in [5, 5.41) is 3.38. The van der Waals surface area contributed by atoms with Crippen molar-refractivity contribution in [3.8, 4) is 0 Å². The molecule has 3 rings (SSSR count). The van der Waals surface area contributed by atoms with E-state index in [1.807, 2.05) is 12.1 Å². The van der Waals surface area contributed by atoms with Gasteiger partial charge in [-0.05, 0) is 47.7 Å². The Labute approximate surface area is 101 Å². The van der Waals surface area contributed by atoms with Crippen LogP contribution in [0.25, 0.3) is 0 Å². The minimum atomic E-state index is 0.826. The van der Waals surface area contributed by atoms with Crippen LogP contribution in [0.5, 0.6) is 0 Å². The molecule has 0 radical (unpaired) electrons. The standard InChI is InChI=1S/C15H16N2/c16-14-4-1-11(2-5-14)9-12-3-6-15-13(10-12)7-8-17-15/h1-6,10,17H,7-9,16H2. The lowest BCUT2D eigenvalue weighted by Gasteiger charge is -2.05. The summed E-state index contributed by atoms with van der Waals surface area (Å²) in [5.41, 5.74) is 11.9. The van der Waals surface area contributed by atoms with Gasteiger partial charge in [-0.15, -0.1) is 0 Å². The van der Waals surface area contributed by atoms with Crippen molar-refractivity contribution in [2.75, 3.05) is 17.6 Å². The molecular weight excluding hydrogens is 208 g/mol. The molecule has 0 saturated heterocycles. The van der Waals surface area contributed by atoms with E-state index in [1.165, 1.54) is 22.4 Å². The second-order valence-corrected chi connectivity index (χ2v) is 4.59. The van der Waals surface area contributed by atoms with Crippen molar-refractivity contribution < 1.29 is 0 Å². The van der Waals surface area contributed by atoms with Crippen LogP contribution in [-0.2, 0) is 12.8 Å². The highest BCUT2D eigenvalue weighted by atomic mass is 14.9. The molecule has 0 unspecified atom stereocenters. The molecule has 2 heteroatoms. The zero-order valence-corrected chi connectivity index (χ0v) is 9.74. The van der Waals surface area contributed by atoms with Gasteiger partial charge in [-0.3, -0.25) is 0 Å². The van der Waals surface area contributed by atoms with Crippen LogP contribution in [0.3, 0.4) is 0 Å². The fourth-order valence-corrected chi connectivity index (χ4v) is 2.34. The number of hydrogen-bond acceptors (Lipinski definition) is 2. The quantitative estimate of drug-likeness (QED) is 0.770. The number of nitrogens with one attached hydrogen (secondary N) is 1. The van der Waals surface area contributed by atoms with Gasteiger partial charge >= 0.3 is 0 Å². The van der Waals surface area contributed by atoms with E-state index in [0.29, 0.717) is 0 Å². The van der Waals surface area contributed by atoms with E-state index in [9.17, 15) is 0 Å². The summed E-state index contributed by atoms with van der Waals surface area (Å²) in [4.78, 5) is 0. The van der Waals surface area contributed by atoms with E-state index in [2.05, 4.69) is 35.6 Å². The molecule has 0 aromatic heterocycles. The average molecular weight is 224 g/mol. The third-order valence-corrected chi connectivity index (χ3v) is 3.27. The molecule has 1 aliphatic rings. The number of anilines is 2. The zero-order valence-electron chi connectivity index (χ0n) is 9.74. The maximum atomic E-state index is 5.69. The summed E-state index contributed by atoms with van der Waals surface area (Å²) >= 11 is 0. The highest BCUT2D eigenvalue weighted by Gasteiger charge is 2.09. The monoisotopic (exact) mass is 224 g/mol. The largest absolute Gasteiger partial charge is 0.399 e. The summed E-state index contributed by atoms with van der Waals surface area (Å²) in [6.45, 7) is 1.07. The maximum absolute atomic E-state index is 5.69. The number of nitrogens with two attached hydrogens (primary N) is 1. The fraction of sp³-hybridized carbons (Fsp3) is 0.200. The van der Waals surface area contributed by atoms with E-state index in [1.54, 1.807) is 0 Å². The molecule has 2 aromatic rings. The van der Waals surface area contributed by atoms with Crippen LogP contribution in [0, 0.1) is 0 Å². The Morgan fingerprint density at radius 3 is 2.59 bits per heavy atom. The Bertz CT molecular complexity index is 529. The minimum Gasteiger partial charge on any atom is -0.399 e. The second-order valence-electron chi connectivity index (χ2n) is 4.59. The van der Waals surface area contributed by atoms with Crippen molar-refractivity contribution in [1.82, 2.24) is 0 Å². The van der Waals surface area contributed by atoms with Gasteiger partial charge in [-0.2, -0.15) is 0 Å². The van der Waals surface area contributed by atoms with E-state index >= 15 is 0 Å². The first-order valence-corrected chi connectivity index (χ1v) is 6.01. The van der Waals surface area contributed by atoms with Gasteiger partial charge in [0.2, 0.25) is 0 Å². The Hall–Kier alpha value is -1.96. The molecule has 2 aromatic carbocycles. The number of hydrogen-bond donors (Lipinski definition) is 2. The molecule has 86 valence electrons. The van der Waals surface area contributed by atoms with Gasteiger partial charge in [0.1, 0.15) is 0 Å². The highest BCUT2D eigenvalue weighted by Crippen LogP contribution is 2.24. The van der Waals surface area contributed by atoms with Gasteiger partial charge in [0.15, 0.2) is 0 Å². The molecule has 3 N–H and O–H groups in total. The molecule has 0 fully saturated rings. The van der Waals surface area contributed by atoms with Gasteiger partial charge in [0.25, 0.3) is 0 Å². The average Bonchev–Trinajstić information content (AvgIpc) is 2.79. The van der Waals surface area contributed by atoms with E-state index in [-0.39, 0.29) is 0 Å². The van der Waals surface area contributed by atoms with Crippen LogP contribution in [0.15, 0.2) is 42.5 Å². The smallest absolute Gasteiger partial charge is 0.0373 e. The molecule has 1 heterocycles. The summed E-state index contributed by atoms with van der Waals surface area (Å²) in [6.07, 6.45) is 2.12. The molecular formula is C15H16N2. The van der Waals surface area contributed by atoms with E-state index in [4.69, 9.17) is 5.73 Å². The molecule has 2 nitrogen and oxygen atoms in total. The number of nitrogen functional groups attached to an aromatic ring is 1. The first-order chi connectivity index (χ1) is 8.31. The van der Waals surface area contributed by atoms with Gasteiger partial charge in [0.05, 0.1) is 0 Å². The van der Waals surface area contributed by atoms with E-state index < -0.39 is 0 Å². The molecule has 0 aliphatic carbocycles. The first-order valence-electron chi connectivity index (χ1n) is 6.01. The highest BCUT2D eigenvalue weighted by molar-refractivity contribution is 5.57. The maximum Gasteiger partial charge on any atom is 0.0373 e. The van der Waals surface area contributed by atoms with Crippen LogP contribution >= 0.6 is 0 Å². The predicted molar refractivity (Wildman–Crippen MR) is 72.3 cm³/mol. The van der Waals surface area contributed by atoms with Crippen molar-refractivity contribution >= 4 is 11.4 Å². The Morgan fingerprint density at radius 2 is 1.76 bits per heavy atom. The van der Waals surface area contributed by atoms with Crippen molar-refractivity contribution in [2.45, 2.75) is 12.8 Å². The normalized spacial score (nSPS) is 13.2. The summed E-state index contributed by atoms with van der Waals surface area (Å²) in [6, 6.07) is 14.8. The third kappa shape index (κ3) is 2.11. The number of benzene rings is 2. The van der Waals surface area contributed by atoms with Crippen LogP contribution in [0.2, 0.25) is 0 Å². The summed E-state index contributed by atoms with van der Waals surface area (Å²) < 4.78 is 0. The Morgan fingerprint density at radius 1 is 1.00 bits per heavy atom. The van der Waals surface area contributed by atoms with Crippen molar-refractivity contribution in [3.63, 3.8) is 0 Å². The van der Waals surface area contributed by atoms with Crippen molar-refractivity contribution in [3.05, 3.63) is 59.2 Å². The Kier molecular flexibility index (Phi) is 2.48. The van der Waals surface area contributed by atoms with E-state index in [0.717, 1.165) is 25.1 Å². The molecule has 0 spiro atoms. The molecule has 0 bridgehead atoms. The molecule has 0 amide bonds. The third-order valence-electron chi connectivity index (χ3n) is 3.27. The molecule has 17 heavy (non-hydrogen) atoms. The molecule has 1 aliphatic heterocycles. The van der Waals surface area contributed by atoms with Gasteiger partial charge < -0.3 is 11.1 Å². The summed E-state index contributed by atoms with van der Waals surface area (Å²) in [7, 11) is 0. The van der Waals surface area contributed by atoms with Crippen LogP contribution in [0.4, 0.5) is 11.4 Å². The minimum absolute atomic E-state index is 0.826. The van der Waals surface area contributed by atoms with Crippen molar-refractivity contribution in [2.24, 2.45) is 0 Å². The molecule has 0 saturated carbocycles. The van der Waals surface area contributed by atoms with Gasteiger partial charge in [-0.1, -0.05) is 24.3 Å². The SMILES string of the molecule is Nc1ccc(Cc2ccc3c(c2)CCN3)cc1. The van der Waals surface area contributed by atoms with Gasteiger partial charge in [0, 0.05) is 17.9 Å². The van der Waals surface area contributed by atoms with Crippen LogP contribution in [0.1, 0.15) is 16.7 Å². The van der Waals surface area contributed by atoms with Crippen molar-refractivity contribution in [1.29, 1.82) is 0 Å². The Balaban J connectivity index is 1.83. The zero-order chi connectivity index (χ0) is 11.7. The lowest BCUT2D eigenvalue weighted by atomic mass is 10.0. The second kappa shape index (κ2) is 4.13. The molecule has 0 atom stereocenters. The summed E-state index contributed by atoms with van der Waals surface area (Å²) in [5.74, 6) is 0. The lowest BCUT2D eigenvalue weighted by molar-refractivity contribution is 1.10. The first kappa shape index (κ1) is 10.2. The van der Waals surface area contributed by atoms with Gasteiger partial charge in [-0.25, -0.2) is 0 Å². The fourth-order valence-electron chi connectivity index (χ4n) is 2.34. The van der Waals surface area contributed by atoms with Crippen LogP contribution in [-0.4, -0.2) is 6.54 Å². The number of rotatable bonds is 2.